The Hall–Kier alpha value is -1.17. The van der Waals surface area contributed by atoms with Crippen LogP contribution in [0.5, 0.6) is 0 Å². The molecular weight excluding hydrogens is 335 g/mol. The summed E-state index contributed by atoms with van der Waals surface area (Å²) in [5.41, 5.74) is 0.618. The van der Waals surface area contributed by atoms with Gasteiger partial charge in [-0.2, -0.15) is 0 Å². The second kappa shape index (κ2) is 8.68. The van der Waals surface area contributed by atoms with Crippen molar-refractivity contribution in [3.05, 3.63) is 60.7 Å². The Labute approximate surface area is 159 Å². The normalized spacial score (nSPS) is 25.5. The summed E-state index contributed by atoms with van der Waals surface area (Å²) in [4.78, 5) is 0. The summed E-state index contributed by atoms with van der Waals surface area (Å²) in [6, 6.07) is 22.3. The van der Waals surface area contributed by atoms with Crippen molar-refractivity contribution in [1.82, 2.24) is 0 Å². The molecule has 2 aliphatic rings. The molecule has 2 aromatic rings. The molecule has 2 heteroatoms. The van der Waals surface area contributed by atoms with Crippen LogP contribution in [0, 0.1) is 11.8 Å². The highest BCUT2D eigenvalue weighted by atomic mass is 31.1. The van der Waals surface area contributed by atoms with Gasteiger partial charge in [0.15, 0.2) is 0 Å². The van der Waals surface area contributed by atoms with Gasteiger partial charge in [0.25, 0.3) is 0 Å². The molecule has 2 saturated carbocycles. The molecule has 3 atom stereocenters. The first-order valence-electron chi connectivity index (χ1n) is 10.4. The van der Waals surface area contributed by atoms with E-state index in [9.17, 15) is 5.11 Å². The van der Waals surface area contributed by atoms with E-state index in [0.717, 1.165) is 12.3 Å². The molecular formula is C24H31OP. The van der Waals surface area contributed by atoms with E-state index in [2.05, 4.69) is 60.7 Å². The Bertz CT molecular complexity index is 626. The SMILES string of the molecule is O[C@H]1CCC[C@@H]1[C@H](C1CCCCC1)P(c1ccccc1)c1ccccc1. The highest BCUT2D eigenvalue weighted by Crippen LogP contribution is 2.53. The van der Waals surface area contributed by atoms with Crippen molar-refractivity contribution in [3.8, 4) is 0 Å². The lowest BCUT2D eigenvalue weighted by Crippen LogP contribution is -2.38. The molecule has 2 aliphatic carbocycles. The van der Waals surface area contributed by atoms with Gasteiger partial charge in [0.05, 0.1) is 6.10 Å². The molecule has 0 unspecified atom stereocenters. The third-order valence-corrected chi connectivity index (χ3v) is 9.58. The van der Waals surface area contributed by atoms with E-state index >= 15 is 0 Å². The first-order chi connectivity index (χ1) is 12.8. The summed E-state index contributed by atoms with van der Waals surface area (Å²) in [5, 5.41) is 13.8. The Kier molecular flexibility index (Phi) is 6.08. The van der Waals surface area contributed by atoms with Gasteiger partial charge in [-0.15, -0.1) is 0 Å². The van der Waals surface area contributed by atoms with Crippen LogP contribution in [0.3, 0.4) is 0 Å². The summed E-state index contributed by atoms with van der Waals surface area (Å²) >= 11 is 0. The van der Waals surface area contributed by atoms with Crippen LogP contribution in [0.1, 0.15) is 51.4 Å². The Morgan fingerprint density at radius 3 is 1.77 bits per heavy atom. The maximum atomic E-state index is 10.8. The Balaban J connectivity index is 1.77. The molecule has 4 rings (SSSR count). The zero-order valence-electron chi connectivity index (χ0n) is 15.6. The van der Waals surface area contributed by atoms with Gasteiger partial charge in [-0.3, -0.25) is 0 Å². The van der Waals surface area contributed by atoms with E-state index in [1.54, 1.807) is 0 Å². The van der Waals surface area contributed by atoms with Gasteiger partial charge in [-0.25, -0.2) is 0 Å². The fourth-order valence-corrected chi connectivity index (χ4v) is 8.69. The molecule has 0 saturated heterocycles. The molecule has 0 amide bonds. The Morgan fingerprint density at radius 2 is 1.27 bits per heavy atom. The molecule has 1 nitrogen and oxygen atoms in total. The lowest BCUT2D eigenvalue weighted by atomic mass is 9.81. The van der Waals surface area contributed by atoms with E-state index in [-0.39, 0.29) is 6.10 Å². The van der Waals surface area contributed by atoms with E-state index in [4.69, 9.17) is 0 Å². The summed E-state index contributed by atoms with van der Waals surface area (Å²) in [5.74, 6) is 1.25. The smallest absolute Gasteiger partial charge is 0.0574 e. The van der Waals surface area contributed by atoms with Crippen molar-refractivity contribution in [3.63, 3.8) is 0 Å². The van der Waals surface area contributed by atoms with Gasteiger partial charge >= 0.3 is 0 Å². The average molecular weight is 366 g/mol. The molecule has 0 bridgehead atoms. The van der Waals surface area contributed by atoms with Crippen molar-refractivity contribution in [2.45, 2.75) is 63.1 Å². The van der Waals surface area contributed by atoms with Gasteiger partial charge in [0, 0.05) is 0 Å². The molecule has 2 fully saturated rings. The first kappa shape index (κ1) is 18.2. The summed E-state index contributed by atoms with van der Waals surface area (Å²) < 4.78 is 0. The average Bonchev–Trinajstić information content (AvgIpc) is 3.13. The van der Waals surface area contributed by atoms with Crippen LogP contribution in [0.4, 0.5) is 0 Å². The molecule has 0 heterocycles. The predicted molar refractivity (Wildman–Crippen MR) is 113 cm³/mol. The highest BCUT2D eigenvalue weighted by molar-refractivity contribution is 7.73. The molecule has 1 N–H and O–H groups in total. The molecule has 0 spiro atoms. The van der Waals surface area contributed by atoms with Crippen molar-refractivity contribution < 1.29 is 5.11 Å². The van der Waals surface area contributed by atoms with Crippen molar-refractivity contribution >= 4 is 18.5 Å². The number of benzene rings is 2. The third kappa shape index (κ3) is 3.90. The Morgan fingerprint density at radius 1 is 0.692 bits per heavy atom. The van der Waals surface area contributed by atoms with Crippen LogP contribution >= 0.6 is 7.92 Å². The lowest BCUT2D eigenvalue weighted by Gasteiger charge is -2.41. The van der Waals surface area contributed by atoms with Gasteiger partial charge in [0.1, 0.15) is 0 Å². The van der Waals surface area contributed by atoms with Gasteiger partial charge in [-0.1, -0.05) is 86.3 Å². The maximum absolute atomic E-state index is 10.8. The zero-order valence-corrected chi connectivity index (χ0v) is 16.5. The van der Waals surface area contributed by atoms with E-state index in [0.29, 0.717) is 11.6 Å². The van der Waals surface area contributed by atoms with E-state index in [1.165, 1.54) is 55.6 Å². The summed E-state index contributed by atoms with van der Waals surface area (Å²) in [6.45, 7) is 0. The fraction of sp³-hybridized carbons (Fsp3) is 0.500. The van der Waals surface area contributed by atoms with Gasteiger partial charge in [-0.05, 0) is 61.7 Å². The highest BCUT2D eigenvalue weighted by Gasteiger charge is 2.42. The largest absolute Gasteiger partial charge is 0.393 e. The lowest BCUT2D eigenvalue weighted by molar-refractivity contribution is 0.115. The van der Waals surface area contributed by atoms with Crippen LogP contribution in [-0.2, 0) is 0 Å². The van der Waals surface area contributed by atoms with Crippen molar-refractivity contribution in [1.29, 1.82) is 0 Å². The van der Waals surface area contributed by atoms with Crippen LogP contribution < -0.4 is 10.6 Å². The first-order valence-corrected chi connectivity index (χ1v) is 11.8. The number of hydrogen-bond donors (Lipinski definition) is 1. The van der Waals surface area contributed by atoms with E-state index < -0.39 is 7.92 Å². The standard InChI is InChI=1S/C24H31OP/c25-23-18-10-17-22(23)24(19-11-4-1-5-12-19)26(20-13-6-2-7-14-20)21-15-8-3-9-16-21/h2-3,6-9,13-16,19,22-25H,1,4-5,10-12,17-18H2/t22-,23-,24-/m0/s1. The van der Waals surface area contributed by atoms with Crippen LogP contribution in [-0.4, -0.2) is 16.9 Å². The number of hydrogen-bond acceptors (Lipinski definition) is 1. The molecule has 2 aromatic carbocycles. The second-order valence-corrected chi connectivity index (χ2v) is 10.5. The molecule has 0 aliphatic heterocycles. The monoisotopic (exact) mass is 366 g/mol. The molecule has 0 radical (unpaired) electrons. The zero-order chi connectivity index (χ0) is 17.8. The van der Waals surface area contributed by atoms with Crippen molar-refractivity contribution in [2.24, 2.45) is 11.8 Å². The van der Waals surface area contributed by atoms with E-state index in [1.807, 2.05) is 0 Å². The predicted octanol–water partition coefficient (Wildman–Crippen LogP) is 5.23. The molecule has 138 valence electrons. The minimum Gasteiger partial charge on any atom is -0.393 e. The second-order valence-electron chi connectivity index (χ2n) is 8.09. The number of aliphatic hydroxyl groups excluding tert-OH is 1. The minimum atomic E-state index is -0.435. The minimum absolute atomic E-state index is 0.0978. The van der Waals surface area contributed by atoms with Crippen LogP contribution in [0.15, 0.2) is 60.7 Å². The fourth-order valence-electron chi connectivity index (χ4n) is 5.27. The molecule has 0 aromatic heterocycles. The summed E-state index contributed by atoms with van der Waals surface area (Å²) in [6.07, 6.45) is 10.2. The quantitative estimate of drug-likeness (QED) is 0.719. The maximum Gasteiger partial charge on any atom is 0.0574 e. The molecule has 26 heavy (non-hydrogen) atoms. The van der Waals surface area contributed by atoms with Crippen LogP contribution in [0.25, 0.3) is 0 Å². The van der Waals surface area contributed by atoms with Gasteiger partial charge < -0.3 is 5.11 Å². The number of rotatable bonds is 5. The third-order valence-electron chi connectivity index (χ3n) is 6.47. The van der Waals surface area contributed by atoms with Crippen LogP contribution in [0.2, 0.25) is 0 Å². The van der Waals surface area contributed by atoms with Crippen molar-refractivity contribution in [2.75, 3.05) is 0 Å². The van der Waals surface area contributed by atoms with Gasteiger partial charge in [0.2, 0.25) is 0 Å². The number of aliphatic hydroxyl groups is 1. The summed E-state index contributed by atoms with van der Waals surface area (Å²) in [7, 11) is -0.435. The topological polar surface area (TPSA) is 20.2 Å².